The first kappa shape index (κ1) is 14.3. The van der Waals surface area contributed by atoms with Gasteiger partial charge in [0, 0.05) is 19.2 Å². The van der Waals surface area contributed by atoms with Crippen LogP contribution in [0.5, 0.6) is 0 Å². The molecule has 0 amide bonds. The van der Waals surface area contributed by atoms with Crippen LogP contribution in [0, 0.1) is 5.92 Å². The summed E-state index contributed by atoms with van der Waals surface area (Å²) in [5.41, 5.74) is 5.84. The molecule has 0 aromatic heterocycles. The number of guanidine groups is 1. The molecule has 17 heavy (non-hydrogen) atoms. The third kappa shape index (κ3) is 6.51. The molecule has 0 aromatic carbocycles. The average molecular weight is 241 g/mol. The number of nitrogens with zero attached hydrogens (tertiary/aromatic N) is 1. The third-order valence-electron chi connectivity index (χ3n) is 3.41. The van der Waals surface area contributed by atoms with Crippen LogP contribution in [-0.4, -0.2) is 30.3 Å². The lowest BCUT2D eigenvalue weighted by Crippen LogP contribution is -2.41. The summed E-state index contributed by atoms with van der Waals surface area (Å²) in [7, 11) is 0. The Balaban J connectivity index is 2.11. The molecule has 0 radical (unpaired) electrons. The molecule has 1 fully saturated rings. The lowest BCUT2D eigenvalue weighted by Gasteiger charge is -2.23. The highest BCUT2D eigenvalue weighted by atomic mass is 16.3. The Morgan fingerprint density at radius 3 is 2.76 bits per heavy atom. The molecule has 1 unspecified atom stereocenters. The van der Waals surface area contributed by atoms with Crippen molar-refractivity contribution in [1.82, 2.24) is 5.32 Å². The SMILES string of the molecule is CC(CO)CCCN=C(N)NC1CCCCC1. The van der Waals surface area contributed by atoms with Crippen molar-refractivity contribution in [3.63, 3.8) is 0 Å². The Hall–Kier alpha value is -0.770. The van der Waals surface area contributed by atoms with Gasteiger partial charge in [-0.3, -0.25) is 4.99 Å². The second kappa shape index (κ2) is 8.34. The summed E-state index contributed by atoms with van der Waals surface area (Å²) in [4.78, 5) is 4.33. The van der Waals surface area contributed by atoms with Gasteiger partial charge in [-0.25, -0.2) is 0 Å². The number of aliphatic imine (C=N–C) groups is 1. The average Bonchev–Trinajstić information content (AvgIpc) is 2.35. The predicted octanol–water partition coefficient (Wildman–Crippen LogP) is 1.63. The minimum absolute atomic E-state index is 0.263. The second-order valence-electron chi connectivity index (χ2n) is 5.18. The molecule has 0 aliphatic heterocycles. The summed E-state index contributed by atoms with van der Waals surface area (Å²) >= 11 is 0. The van der Waals surface area contributed by atoms with E-state index in [1.807, 2.05) is 6.92 Å². The van der Waals surface area contributed by atoms with Crippen LogP contribution in [0.1, 0.15) is 51.9 Å². The van der Waals surface area contributed by atoms with Crippen molar-refractivity contribution >= 4 is 5.96 Å². The lowest BCUT2D eigenvalue weighted by molar-refractivity contribution is 0.229. The topological polar surface area (TPSA) is 70.6 Å². The summed E-state index contributed by atoms with van der Waals surface area (Å²) < 4.78 is 0. The molecule has 4 nitrogen and oxygen atoms in total. The maximum absolute atomic E-state index is 8.89. The molecule has 0 heterocycles. The number of nitrogens with one attached hydrogen (secondary N) is 1. The smallest absolute Gasteiger partial charge is 0.188 e. The van der Waals surface area contributed by atoms with Crippen molar-refractivity contribution < 1.29 is 5.11 Å². The van der Waals surface area contributed by atoms with Gasteiger partial charge in [0.25, 0.3) is 0 Å². The van der Waals surface area contributed by atoms with Crippen LogP contribution in [0.25, 0.3) is 0 Å². The molecule has 0 spiro atoms. The molecule has 100 valence electrons. The van der Waals surface area contributed by atoms with Crippen molar-refractivity contribution in [2.75, 3.05) is 13.2 Å². The molecule has 1 rings (SSSR count). The Morgan fingerprint density at radius 1 is 1.41 bits per heavy atom. The number of hydrogen-bond acceptors (Lipinski definition) is 2. The highest BCUT2D eigenvalue weighted by molar-refractivity contribution is 5.78. The zero-order chi connectivity index (χ0) is 12.5. The molecular formula is C13H27N3O. The van der Waals surface area contributed by atoms with Crippen molar-refractivity contribution in [1.29, 1.82) is 0 Å². The Bertz CT molecular complexity index is 225. The minimum atomic E-state index is 0.263. The van der Waals surface area contributed by atoms with E-state index in [0.29, 0.717) is 17.9 Å². The number of hydrogen-bond donors (Lipinski definition) is 3. The predicted molar refractivity (Wildman–Crippen MR) is 72.0 cm³/mol. The van der Waals surface area contributed by atoms with Crippen LogP contribution in [0.15, 0.2) is 4.99 Å². The largest absolute Gasteiger partial charge is 0.396 e. The minimum Gasteiger partial charge on any atom is -0.396 e. The normalized spacial score (nSPS) is 20.2. The Kier molecular flexibility index (Phi) is 7.01. The van der Waals surface area contributed by atoms with Gasteiger partial charge in [0.1, 0.15) is 0 Å². The van der Waals surface area contributed by atoms with Gasteiger partial charge in [-0.05, 0) is 31.6 Å². The first-order valence-electron chi connectivity index (χ1n) is 6.89. The van der Waals surface area contributed by atoms with E-state index in [1.165, 1.54) is 32.1 Å². The maximum Gasteiger partial charge on any atom is 0.188 e. The van der Waals surface area contributed by atoms with E-state index in [4.69, 9.17) is 10.8 Å². The van der Waals surface area contributed by atoms with Crippen LogP contribution in [-0.2, 0) is 0 Å². The van der Waals surface area contributed by atoms with Gasteiger partial charge in [-0.1, -0.05) is 26.2 Å². The van der Waals surface area contributed by atoms with Gasteiger partial charge in [-0.15, -0.1) is 0 Å². The molecule has 0 saturated heterocycles. The van der Waals surface area contributed by atoms with Gasteiger partial charge in [0.2, 0.25) is 0 Å². The van der Waals surface area contributed by atoms with Crippen LogP contribution < -0.4 is 11.1 Å². The monoisotopic (exact) mass is 241 g/mol. The number of aliphatic hydroxyl groups is 1. The molecule has 4 N–H and O–H groups in total. The number of nitrogens with two attached hydrogens (primary N) is 1. The third-order valence-corrected chi connectivity index (χ3v) is 3.41. The fourth-order valence-electron chi connectivity index (χ4n) is 2.23. The molecule has 1 aliphatic carbocycles. The first-order chi connectivity index (χ1) is 8.22. The van der Waals surface area contributed by atoms with Crippen LogP contribution >= 0.6 is 0 Å². The quantitative estimate of drug-likeness (QED) is 0.376. The van der Waals surface area contributed by atoms with E-state index >= 15 is 0 Å². The van der Waals surface area contributed by atoms with Crippen molar-refractivity contribution in [2.24, 2.45) is 16.6 Å². The van der Waals surface area contributed by atoms with Crippen molar-refractivity contribution in [3.8, 4) is 0 Å². The first-order valence-corrected chi connectivity index (χ1v) is 6.89. The van der Waals surface area contributed by atoms with E-state index in [2.05, 4.69) is 10.3 Å². The maximum atomic E-state index is 8.89. The van der Waals surface area contributed by atoms with E-state index in [9.17, 15) is 0 Å². The molecule has 0 aromatic rings. The summed E-state index contributed by atoms with van der Waals surface area (Å²) in [6, 6.07) is 0.531. The second-order valence-corrected chi connectivity index (χ2v) is 5.18. The van der Waals surface area contributed by atoms with E-state index in [-0.39, 0.29) is 6.61 Å². The van der Waals surface area contributed by atoms with E-state index < -0.39 is 0 Å². The van der Waals surface area contributed by atoms with Crippen LogP contribution in [0.2, 0.25) is 0 Å². The lowest BCUT2D eigenvalue weighted by atomic mass is 9.96. The summed E-state index contributed by atoms with van der Waals surface area (Å²) in [6.45, 7) is 3.07. The zero-order valence-electron chi connectivity index (χ0n) is 11.0. The number of aliphatic hydroxyl groups excluding tert-OH is 1. The highest BCUT2D eigenvalue weighted by Gasteiger charge is 2.13. The Morgan fingerprint density at radius 2 is 2.12 bits per heavy atom. The molecule has 1 saturated carbocycles. The standard InChI is InChI=1S/C13H27N3O/c1-11(10-17)6-5-9-15-13(14)16-12-7-3-2-4-8-12/h11-12,17H,2-10H2,1H3,(H3,14,15,16). The highest BCUT2D eigenvalue weighted by Crippen LogP contribution is 2.16. The van der Waals surface area contributed by atoms with Gasteiger partial charge >= 0.3 is 0 Å². The van der Waals surface area contributed by atoms with Crippen LogP contribution in [0.4, 0.5) is 0 Å². The van der Waals surface area contributed by atoms with Crippen LogP contribution in [0.3, 0.4) is 0 Å². The van der Waals surface area contributed by atoms with Gasteiger partial charge in [0.05, 0.1) is 0 Å². The molecule has 1 aliphatic rings. The van der Waals surface area contributed by atoms with Crippen molar-refractivity contribution in [2.45, 2.75) is 57.9 Å². The Labute approximate surface area is 105 Å². The molecular weight excluding hydrogens is 214 g/mol. The molecule has 0 bridgehead atoms. The fourth-order valence-corrected chi connectivity index (χ4v) is 2.23. The van der Waals surface area contributed by atoms with Gasteiger partial charge < -0.3 is 16.2 Å². The summed E-state index contributed by atoms with van der Waals surface area (Å²) in [6.07, 6.45) is 8.41. The molecule has 1 atom stereocenters. The summed E-state index contributed by atoms with van der Waals surface area (Å²) in [5, 5.41) is 12.2. The van der Waals surface area contributed by atoms with Crippen molar-refractivity contribution in [3.05, 3.63) is 0 Å². The zero-order valence-corrected chi connectivity index (χ0v) is 11.0. The van der Waals surface area contributed by atoms with Gasteiger partial charge in [-0.2, -0.15) is 0 Å². The van der Waals surface area contributed by atoms with E-state index in [0.717, 1.165) is 19.4 Å². The summed E-state index contributed by atoms with van der Waals surface area (Å²) in [5.74, 6) is 0.964. The van der Waals surface area contributed by atoms with E-state index in [1.54, 1.807) is 0 Å². The fraction of sp³-hybridized carbons (Fsp3) is 0.923. The molecule has 4 heteroatoms. The van der Waals surface area contributed by atoms with Gasteiger partial charge in [0.15, 0.2) is 5.96 Å². The number of rotatable bonds is 6.